The van der Waals surface area contributed by atoms with E-state index in [2.05, 4.69) is 12.3 Å². The molecule has 1 aliphatic heterocycles. The van der Waals surface area contributed by atoms with Gasteiger partial charge in [0.05, 0.1) is 11.8 Å². The lowest BCUT2D eigenvalue weighted by Crippen LogP contribution is -2.38. The van der Waals surface area contributed by atoms with Gasteiger partial charge in [-0.05, 0) is 19.4 Å². The summed E-state index contributed by atoms with van der Waals surface area (Å²) in [7, 11) is 0. The van der Waals surface area contributed by atoms with Crippen LogP contribution in [0.15, 0.2) is 24.3 Å². The minimum Gasteiger partial charge on any atom is -0.389 e. The number of aliphatic hydroxyl groups is 1. The molecule has 2 unspecified atom stereocenters. The minimum absolute atomic E-state index is 0.0601. The molecule has 1 aromatic rings. The van der Waals surface area contributed by atoms with Crippen LogP contribution in [-0.4, -0.2) is 17.1 Å². The van der Waals surface area contributed by atoms with Gasteiger partial charge in [0, 0.05) is 18.0 Å². The van der Waals surface area contributed by atoms with Gasteiger partial charge >= 0.3 is 0 Å². The largest absolute Gasteiger partial charge is 0.389 e. The maximum Gasteiger partial charge on any atom is 0.243 e. The van der Waals surface area contributed by atoms with Crippen LogP contribution in [0.2, 0.25) is 0 Å². The molecule has 1 amide bonds. The van der Waals surface area contributed by atoms with Gasteiger partial charge in [0.15, 0.2) is 0 Å². The Hall–Kier alpha value is -1.39. The molecule has 2 rings (SSSR count). The Morgan fingerprint density at radius 3 is 2.82 bits per heavy atom. The van der Waals surface area contributed by atoms with Crippen molar-refractivity contribution in [3.8, 4) is 0 Å². The Labute approximate surface area is 101 Å². The zero-order valence-electron chi connectivity index (χ0n) is 10.2. The molecule has 1 aromatic carbocycles. The molecule has 1 heterocycles. The number of nitrogens with zero attached hydrogens (tertiary/aromatic N) is 1. The number of para-hydroxylation sites is 1. The second-order valence-electron chi connectivity index (χ2n) is 4.40. The number of aliphatic hydroxyl groups excluding tert-OH is 1. The van der Waals surface area contributed by atoms with Gasteiger partial charge in [0.2, 0.25) is 5.91 Å². The van der Waals surface area contributed by atoms with E-state index in [1.54, 1.807) is 11.9 Å². The van der Waals surface area contributed by atoms with E-state index in [0.29, 0.717) is 6.42 Å². The smallest absolute Gasteiger partial charge is 0.243 e. The maximum atomic E-state index is 11.9. The van der Waals surface area contributed by atoms with Crippen molar-refractivity contribution < 1.29 is 9.90 Å². The Balaban J connectivity index is 2.31. The monoisotopic (exact) mass is 234 g/mol. The number of carbonyl (C=O) groups excluding carboxylic acids is 1. The number of nitrogens with one attached hydrogen (secondary N) is 1. The van der Waals surface area contributed by atoms with Crippen LogP contribution in [0.1, 0.15) is 38.4 Å². The van der Waals surface area contributed by atoms with Gasteiger partial charge < -0.3 is 5.11 Å². The van der Waals surface area contributed by atoms with Gasteiger partial charge in [-0.25, -0.2) is 10.4 Å². The average molecular weight is 234 g/mol. The number of carbonyl (C=O) groups is 1. The Morgan fingerprint density at radius 1 is 1.53 bits per heavy atom. The normalized spacial score (nSPS) is 21.9. The standard InChI is InChI=1S/C13H18N2O2/c1-3-10-8-13(17)15(14-10)12-7-5-4-6-11(12)9(2)16/h4-7,9-10,14,16H,3,8H2,1-2H3. The third kappa shape index (κ3) is 2.33. The lowest BCUT2D eigenvalue weighted by atomic mass is 10.1. The van der Waals surface area contributed by atoms with Crippen molar-refractivity contribution in [3.63, 3.8) is 0 Å². The molecule has 2 atom stereocenters. The second-order valence-corrected chi connectivity index (χ2v) is 4.40. The van der Waals surface area contributed by atoms with Crippen LogP contribution in [0.4, 0.5) is 5.69 Å². The van der Waals surface area contributed by atoms with E-state index in [-0.39, 0.29) is 11.9 Å². The molecule has 2 N–H and O–H groups in total. The fourth-order valence-corrected chi connectivity index (χ4v) is 2.09. The van der Waals surface area contributed by atoms with E-state index in [1.165, 1.54) is 0 Å². The van der Waals surface area contributed by atoms with E-state index in [9.17, 15) is 9.90 Å². The zero-order valence-corrected chi connectivity index (χ0v) is 10.2. The molecule has 0 aliphatic carbocycles. The Kier molecular flexibility index (Phi) is 3.45. The third-order valence-corrected chi connectivity index (χ3v) is 3.10. The van der Waals surface area contributed by atoms with Crippen LogP contribution in [0.3, 0.4) is 0 Å². The lowest BCUT2D eigenvalue weighted by molar-refractivity contribution is -0.117. The fourth-order valence-electron chi connectivity index (χ4n) is 2.09. The predicted octanol–water partition coefficient (Wildman–Crippen LogP) is 1.76. The molecular formula is C13H18N2O2. The highest BCUT2D eigenvalue weighted by atomic mass is 16.3. The summed E-state index contributed by atoms with van der Waals surface area (Å²) in [5.41, 5.74) is 4.70. The Morgan fingerprint density at radius 2 is 2.24 bits per heavy atom. The predicted molar refractivity (Wildman–Crippen MR) is 66.4 cm³/mol. The van der Waals surface area contributed by atoms with Crippen LogP contribution in [-0.2, 0) is 4.79 Å². The molecule has 92 valence electrons. The zero-order chi connectivity index (χ0) is 12.4. The summed E-state index contributed by atoms with van der Waals surface area (Å²) in [6.45, 7) is 3.76. The lowest BCUT2D eigenvalue weighted by Gasteiger charge is -2.22. The SMILES string of the molecule is CCC1CC(=O)N(c2ccccc2C(C)O)N1. The number of anilines is 1. The van der Waals surface area contributed by atoms with Crippen molar-refractivity contribution in [2.45, 2.75) is 38.8 Å². The number of hydrogen-bond donors (Lipinski definition) is 2. The first-order valence-corrected chi connectivity index (χ1v) is 5.99. The topological polar surface area (TPSA) is 52.6 Å². The molecule has 17 heavy (non-hydrogen) atoms. The number of benzene rings is 1. The minimum atomic E-state index is -0.582. The molecule has 1 aliphatic rings. The summed E-state index contributed by atoms with van der Waals surface area (Å²) < 4.78 is 0. The highest BCUT2D eigenvalue weighted by Crippen LogP contribution is 2.28. The van der Waals surface area contributed by atoms with E-state index in [0.717, 1.165) is 17.7 Å². The van der Waals surface area contributed by atoms with Gasteiger partial charge in [-0.1, -0.05) is 25.1 Å². The fraction of sp³-hybridized carbons (Fsp3) is 0.462. The molecule has 0 spiro atoms. The molecule has 0 radical (unpaired) electrons. The second kappa shape index (κ2) is 4.85. The van der Waals surface area contributed by atoms with E-state index >= 15 is 0 Å². The summed E-state index contributed by atoms with van der Waals surface area (Å²) in [6, 6.07) is 7.63. The first-order valence-electron chi connectivity index (χ1n) is 5.99. The molecule has 4 heteroatoms. The highest BCUT2D eigenvalue weighted by molar-refractivity contribution is 5.95. The van der Waals surface area contributed by atoms with Crippen LogP contribution in [0.25, 0.3) is 0 Å². The molecule has 0 bridgehead atoms. The first kappa shape index (κ1) is 12.1. The number of rotatable bonds is 3. The molecule has 0 aromatic heterocycles. The Bertz CT molecular complexity index is 418. The van der Waals surface area contributed by atoms with Gasteiger partial charge in [0.25, 0.3) is 0 Å². The van der Waals surface area contributed by atoms with Crippen molar-refractivity contribution in [2.75, 3.05) is 5.01 Å². The average Bonchev–Trinajstić information content (AvgIpc) is 2.70. The van der Waals surface area contributed by atoms with Crippen LogP contribution in [0, 0.1) is 0 Å². The number of hydrazine groups is 1. The van der Waals surface area contributed by atoms with Crippen LogP contribution >= 0.6 is 0 Å². The van der Waals surface area contributed by atoms with Gasteiger partial charge in [-0.3, -0.25) is 4.79 Å². The van der Waals surface area contributed by atoms with Crippen molar-refractivity contribution in [3.05, 3.63) is 29.8 Å². The van der Waals surface area contributed by atoms with Crippen LogP contribution < -0.4 is 10.4 Å². The number of hydrogen-bond acceptors (Lipinski definition) is 3. The first-order chi connectivity index (χ1) is 8.13. The van der Waals surface area contributed by atoms with Gasteiger partial charge in [0.1, 0.15) is 0 Å². The molecule has 0 saturated carbocycles. The highest BCUT2D eigenvalue weighted by Gasteiger charge is 2.30. The molecular weight excluding hydrogens is 216 g/mol. The van der Waals surface area contributed by atoms with Crippen molar-refractivity contribution >= 4 is 11.6 Å². The van der Waals surface area contributed by atoms with E-state index < -0.39 is 6.10 Å². The summed E-state index contributed by atoms with van der Waals surface area (Å²) in [5, 5.41) is 11.3. The summed E-state index contributed by atoms with van der Waals surface area (Å²) in [6.07, 6.45) is 0.852. The molecule has 4 nitrogen and oxygen atoms in total. The summed E-state index contributed by atoms with van der Waals surface area (Å²) in [5.74, 6) is 0.0601. The van der Waals surface area contributed by atoms with Gasteiger partial charge in [-0.15, -0.1) is 0 Å². The number of amides is 1. The van der Waals surface area contributed by atoms with E-state index in [1.807, 2.05) is 24.3 Å². The molecule has 1 fully saturated rings. The summed E-state index contributed by atoms with van der Waals surface area (Å²) in [4.78, 5) is 11.9. The third-order valence-electron chi connectivity index (χ3n) is 3.10. The van der Waals surface area contributed by atoms with Crippen molar-refractivity contribution in [2.24, 2.45) is 0 Å². The van der Waals surface area contributed by atoms with Crippen molar-refractivity contribution in [1.29, 1.82) is 0 Å². The quantitative estimate of drug-likeness (QED) is 0.838. The van der Waals surface area contributed by atoms with E-state index in [4.69, 9.17) is 0 Å². The maximum absolute atomic E-state index is 11.9. The van der Waals surface area contributed by atoms with Gasteiger partial charge in [-0.2, -0.15) is 0 Å². The van der Waals surface area contributed by atoms with Crippen molar-refractivity contribution in [1.82, 2.24) is 5.43 Å². The van der Waals surface area contributed by atoms with Crippen LogP contribution in [0.5, 0.6) is 0 Å². The molecule has 1 saturated heterocycles. The summed E-state index contributed by atoms with van der Waals surface area (Å²) >= 11 is 0.